The summed E-state index contributed by atoms with van der Waals surface area (Å²) < 4.78 is 1.93. The Balaban J connectivity index is 1.68. The molecular formula is C12H15N3. The minimum absolute atomic E-state index is 0.917. The third-order valence-corrected chi connectivity index (χ3v) is 2.25. The molecule has 3 heteroatoms. The predicted octanol–water partition coefficient (Wildman–Crippen LogP) is 1.67. The lowest BCUT2D eigenvalue weighted by molar-refractivity contribution is 0.555. The molecule has 1 heterocycles. The summed E-state index contributed by atoms with van der Waals surface area (Å²) in [5, 5.41) is 7.52. The van der Waals surface area contributed by atoms with E-state index in [1.54, 1.807) is 6.20 Å². The van der Waals surface area contributed by atoms with Crippen molar-refractivity contribution in [2.24, 2.45) is 0 Å². The van der Waals surface area contributed by atoms with Crippen LogP contribution >= 0.6 is 0 Å². The van der Waals surface area contributed by atoms with Crippen molar-refractivity contribution in [2.75, 3.05) is 6.54 Å². The second-order valence-electron chi connectivity index (χ2n) is 3.43. The Morgan fingerprint density at radius 2 is 2.00 bits per heavy atom. The quantitative estimate of drug-likeness (QED) is 0.746. The van der Waals surface area contributed by atoms with E-state index in [1.165, 1.54) is 5.56 Å². The van der Waals surface area contributed by atoms with Crippen molar-refractivity contribution in [1.82, 2.24) is 15.1 Å². The van der Waals surface area contributed by atoms with Crippen LogP contribution in [0.15, 0.2) is 48.8 Å². The molecule has 0 saturated carbocycles. The Morgan fingerprint density at radius 3 is 2.73 bits per heavy atom. The normalized spacial score (nSPS) is 10.4. The Hall–Kier alpha value is -1.61. The second kappa shape index (κ2) is 5.32. The highest BCUT2D eigenvalue weighted by atomic mass is 15.3. The van der Waals surface area contributed by atoms with E-state index in [2.05, 4.69) is 34.7 Å². The number of hydrogen-bond acceptors (Lipinski definition) is 2. The number of benzene rings is 1. The molecule has 1 aromatic heterocycles. The Kier molecular flexibility index (Phi) is 3.52. The van der Waals surface area contributed by atoms with Crippen LogP contribution in [0.2, 0.25) is 0 Å². The fourth-order valence-corrected chi connectivity index (χ4v) is 1.45. The second-order valence-corrected chi connectivity index (χ2v) is 3.43. The Labute approximate surface area is 89.7 Å². The molecule has 0 amide bonds. The van der Waals surface area contributed by atoms with Gasteiger partial charge in [0.15, 0.2) is 0 Å². The van der Waals surface area contributed by atoms with Crippen molar-refractivity contribution in [3.8, 4) is 0 Å². The van der Waals surface area contributed by atoms with Gasteiger partial charge in [-0.25, -0.2) is 0 Å². The predicted molar refractivity (Wildman–Crippen MR) is 60.4 cm³/mol. The molecule has 2 rings (SSSR count). The highest BCUT2D eigenvalue weighted by Crippen LogP contribution is 1.96. The van der Waals surface area contributed by atoms with Gasteiger partial charge in [-0.05, 0) is 11.6 Å². The average Bonchev–Trinajstić information content (AvgIpc) is 2.79. The average molecular weight is 201 g/mol. The third-order valence-electron chi connectivity index (χ3n) is 2.25. The first-order chi connectivity index (χ1) is 7.45. The zero-order chi connectivity index (χ0) is 10.3. The third kappa shape index (κ3) is 3.22. The number of hydrogen-bond donors (Lipinski definition) is 1. The van der Waals surface area contributed by atoms with Gasteiger partial charge in [0.2, 0.25) is 0 Å². The summed E-state index contributed by atoms with van der Waals surface area (Å²) in [6.07, 6.45) is 3.78. The highest BCUT2D eigenvalue weighted by molar-refractivity contribution is 5.14. The van der Waals surface area contributed by atoms with Gasteiger partial charge in [0.25, 0.3) is 0 Å². The van der Waals surface area contributed by atoms with Gasteiger partial charge < -0.3 is 5.32 Å². The zero-order valence-corrected chi connectivity index (χ0v) is 8.63. The molecule has 0 saturated heterocycles. The minimum atomic E-state index is 0.917. The molecule has 0 bridgehead atoms. The molecule has 2 aromatic rings. The largest absolute Gasteiger partial charge is 0.311 e. The summed E-state index contributed by atoms with van der Waals surface area (Å²) in [4.78, 5) is 0. The van der Waals surface area contributed by atoms with E-state index in [-0.39, 0.29) is 0 Å². The highest BCUT2D eigenvalue weighted by Gasteiger charge is 1.91. The molecule has 0 atom stereocenters. The van der Waals surface area contributed by atoms with Gasteiger partial charge in [0.05, 0.1) is 6.54 Å². The SMILES string of the molecule is c1ccc(CNCCn2cccn2)cc1. The van der Waals surface area contributed by atoms with Gasteiger partial charge in [0, 0.05) is 25.5 Å². The van der Waals surface area contributed by atoms with E-state index < -0.39 is 0 Å². The lowest BCUT2D eigenvalue weighted by Gasteiger charge is -2.04. The van der Waals surface area contributed by atoms with Crippen LogP contribution in [0, 0.1) is 0 Å². The van der Waals surface area contributed by atoms with Gasteiger partial charge in [-0.15, -0.1) is 0 Å². The smallest absolute Gasteiger partial charge is 0.0534 e. The molecule has 0 unspecified atom stereocenters. The maximum absolute atomic E-state index is 4.14. The first-order valence-electron chi connectivity index (χ1n) is 5.17. The van der Waals surface area contributed by atoms with Crippen LogP contribution in [0.4, 0.5) is 0 Å². The molecule has 0 aliphatic carbocycles. The fraction of sp³-hybridized carbons (Fsp3) is 0.250. The van der Waals surface area contributed by atoms with E-state index >= 15 is 0 Å². The lowest BCUT2D eigenvalue weighted by Crippen LogP contribution is -2.19. The van der Waals surface area contributed by atoms with Crippen molar-refractivity contribution < 1.29 is 0 Å². The topological polar surface area (TPSA) is 29.9 Å². The van der Waals surface area contributed by atoms with Crippen molar-refractivity contribution in [2.45, 2.75) is 13.1 Å². The van der Waals surface area contributed by atoms with E-state index in [1.807, 2.05) is 23.0 Å². The fourth-order valence-electron chi connectivity index (χ4n) is 1.45. The molecule has 0 radical (unpaired) electrons. The van der Waals surface area contributed by atoms with Crippen LogP contribution in [0.3, 0.4) is 0 Å². The number of nitrogens with one attached hydrogen (secondary N) is 1. The molecule has 0 fully saturated rings. The molecular weight excluding hydrogens is 186 g/mol. The van der Waals surface area contributed by atoms with E-state index in [0.717, 1.165) is 19.6 Å². The lowest BCUT2D eigenvalue weighted by atomic mass is 10.2. The molecule has 3 nitrogen and oxygen atoms in total. The van der Waals surface area contributed by atoms with Crippen molar-refractivity contribution in [3.63, 3.8) is 0 Å². The summed E-state index contributed by atoms with van der Waals surface area (Å²) >= 11 is 0. The first-order valence-corrected chi connectivity index (χ1v) is 5.17. The van der Waals surface area contributed by atoms with Crippen molar-refractivity contribution in [3.05, 3.63) is 54.4 Å². The van der Waals surface area contributed by atoms with Crippen LogP contribution in [0.1, 0.15) is 5.56 Å². The molecule has 15 heavy (non-hydrogen) atoms. The van der Waals surface area contributed by atoms with Gasteiger partial charge >= 0.3 is 0 Å². The number of nitrogens with zero attached hydrogens (tertiary/aromatic N) is 2. The minimum Gasteiger partial charge on any atom is -0.311 e. The molecule has 0 aliphatic heterocycles. The Bertz CT molecular complexity index is 367. The maximum Gasteiger partial charge on any atom is 0.0534 e. The van der Waals surface area contributed by atoms with E-state index in [4.69, 9.17) is 0 Å². The van der Waals surface area contributed by atoms with Gasteiger partial charge in [-0.2, -0.15) is 5.10 Å². The molecule has 1 N–H and O–H groups in total. The summed E-state index contributed by atoms with van der Waals surface area (Å²) in [7, 11) is 0. The first kappa shape index (κ1) is 9.93. The zero-order valence-electron chi connectivity index (χ0n) is 8.63. The van der Waals surface area contributed by atoms with Gasteiger partial charge in [-0.3, -0.25) is 4.68 Å². The molecule has 1 aromatic carbocycles. The van der Waals surface area contributed by atoms with E-state index in [9.17, 15) is 0 Å². The van der Waals surface area contributed by atoms with Crippen LogP contribution in [0.25, 0.3) is 0 Å². The van der Waals surface area contributed by atoms with Crippen LogP contribution in [-0.4, -0.2) is 16.3 Å². The summed E-state index contributed by atoms with van der Waals surface area (Å²) in [6.45, 7) is 2.78. The Morgan fingerprint density at radius 1 is 1.13 bits per heavy atom. The van der Waals surface area contributed by atoms with Gasteiger partial charge in [-0.1, -0.05) is 30.3 Å². The summed E-state index contributed by atoms with van der Waals surface area (Å²) in [5.74, 6) is 0. The molecule has 0 spiro atoms. The van der Waals surface area contributed by atoms with Crippen LogP contribution in [0.5, 0.6) is 0 Å². The van der Waals surface area contributed by atoms with E-state index in [0.29, 0.717) is 0 Å². The summed E-state index contributed by atoms with van der Waals surface area (Å²) in [5.41, 5.74) is 1.32. The number of aromatic nitrogens is 2. The van der Waals surface area contributed by atoms with Crippen LogP contribution in [-0.2, 0) is 13.1 Å². The molecule has 78 valence electrons. The summed E-state index contributed by atoms with van der Waals surface area (Å²) in [6, 6.07) is 12.3. The standard InChI is InChI=1S/C12H15N3/c1-2-5-12(6-3-1)11-13-8-10-15-9-4-7-14-15/h1-7,9,13H,8,10-11H2. The maximum atomic E-state index is 4.14. The van der Waals surface area contributed by atoms with Crippen molar-refractivity contribution >= 4 is 0 Å². The van der Waals surface area contributed by atoms with Crippen molar-refractivity contribution in [1.29, 1.82) is 0 Å². The number of rotatable bonds is 5. The van der Waals surface area contributed by atoms with Crippen LogP contribution < -0.4 is 5.32 Å². The molecule has 0 aliphatic rings. The van der Waals surface area contributed by atoms with Gasteiger partial charge in [0.1, 0.15) is 0 Å². The monoisotopic (exact) mass is 201 g/mol.